The van der Waals surface area contributed by atoms with Gasteiger partial charge in [-0.2, -0.15) is 0 Å². The van der Waals surface area contributed by atoms with Crippen LogP contribution in [0.1, 0.15) is 29.5 Å². The Bertz CT molecular complexity index is 641. The maximum absolute atomic E-state index is 12.5. The highest BCUT2D eigenvalue weighted by molar-refractivity contribution is 5.82. The van der Waals surface area contributed by atoms with Crippen molar-refractivity contribution in [1.82, 2.24) is 20.9 Å². The number of carbonyl (C=O) groups excluding carboxylic acids is 1. The van der Waals surface area contributed by atoms with Crippen LogP contribution in [0.5, 0.6) is 0 Å². The fraction of sp³-hybridized carbons (Fsp3) is 0.375. The molecule has 1 aliphatic heterocycles. The predicted molar refractivity (Wildman–Crippen MR) is 81.6 cm³/mol. The van der Waals surface area contributed by atoms with Gasteiger partial charge in [-0.1, -0.05) is 35.5 Å². The van der Waals surface area contributed by atoms with Crippen LogP contribution in [-0.4, -0.2) is 29.1 Å². The van der Waals surface area contributed by atoms with Crippen LogP contribution in [0.2, 0.25) is 0 Å². The van der Waals surface area contributed by atoms with Gasteiger partial charge >= 0.3 is 0 Å². The van der Waals surface area contributed by atoms with Crippen LogP contribution >= 0.6 is 0 Å². The van der Waals surface area contributed by atoms with Gasteiger partial charge in [-0.15, -0.1) is 0 Å². The molecule has 1 aromatic heterocycles. The zero-order chi connectivity index (χ0) is 15.5. The maximum atomic E-state index is 12.5. The summed E-state index contributed by atoms with van der Waals surface area (Å²) in [6.07, 6.45) is 0.727. The van der Waals surface area contributed by atoms with Crippen LogP contribution in [0.4, 0.5) is 0 Å². The number of hydrazine groups is 1. The van der Waals surface area contributed by atoms with Crippen LogP contribution < -0.4 is 10.9 Å². The number of carbonyl (C=O) groups is 1. The van der Waals surface area contributed by atoms with Gasteiger partial charge in [0.2, 0.25) is 5.91 Å². The second kappa shape index (κ2) is 6.29. The first kappa shape index (κ1) is 14.7. The van der Waals surface area contributed by atoms with Gasteiger partial charge in [-0.25, -0.2) is 10.9 Å². The van der Waals surface area contributed by atoms with Crippen LogP contribution in [0.3, 0.4) is 0 Å². The molecule has 6 heteroatoms. The third kappa shape index (κ3) is 3.18. The van der Waals surface area contributed by atoms with Crippen LogP contribution in [-0.2, 0) is 11.3 Å². The largest absolute Gasteiger partial charge is 0.361 e. The Kier molecular flexibility index (Phi) is 4.22. The van der Waals surface area contributed by atoms with Gasteiger partial charge in [0.15, 0.2) is 0 Å². The molecule has 0 aliphatic carbocycles. The second-order valence-electron chi connectivity index (χ2n) is 5.66. The first-order valence-corrected chi connectivity index (χ1v) is 7.36. The minimum atomic E-state index is -0.233. The molecular weight excluding hydrogens is 280 g/mol. The van der Waals surface area contributed by atoms with E-state index < -0.39 is 0 Å². The summed E-state index contributed by atoms with van der Waals surface area (Å²) in [6.45, 7) is 2.29. The zero-order valence-corrected chi connectivity index (χ0v) is 12.7. The summed E-state index contributed by atoms with van der Waals surface area (Å²) in [7, 11) is 1.78. The number of hydrogen-bond donors (Lipinski definition) is 2. The number of rotatable bonds is 4. The van der Waals surface area contributed by atoms with Gasteiger partial charge in [-0.3, -0.25) is 4.79 Å². The van der Waals surface area contributed by atoms with Crippen LogP contribution in [0, 0.1) is 6.92 Å². The van der Waals surface area contributed by atoms with Crippen molar-refractivity contribution in [3.63, 3.8) is 0 Å². The van der Waals surface area contributed by atoms with Gasteiger partial charge < -0.3 is 9.42 Å². The topological polar surface area (TPSA) is 70.4 Å². The van der Waals surface area contributed by atoms with Crippen molar-refractivity contribution in [3.8, 4) is 0 Å². The molecule has 0 spiro atoms. The molecule has 0 bridgehead atoms. The summed E-state index contributed by atoms with van der Waals surface area (Å²) in [5.74, 6) is 0.798. The summed E-state index contributed by atoms with van der Waals surface area (Å²) >= 11 is 0. The Morgan fingerprint density at radius 1 is 1.36 bits per heavy atom. The first-order chi connectivity index (χ1) is 10.6. The van der Waals surface area contributed by atoms with Gasteiger partial charge in [-0.05, 0) is 18.9 Å². The molecular formula is C16H20N4O2. The lowest BCUT2D eigenvalue weighted by atomic mass is 10.0. The molecule has 2 aromatic rings. The molecule has 0 radical (unpaired) electrons. The van der Waals surface area contributed by atoms with Gasteiger partial charge in [0.25, 0.3) is 0 Å². The second-order valence-corrected chi connectivity index (χ2v) is 5.66. The van der Waals surface area contributed by atoms with Crippen molar-refractivity contribution in [3.05, 3.63) is 53.4 Å². The van der Waals surface area contributed by atoms with E-state index in [4.69, 9.17) is 4.52 Å². The van der Waals surface area contributed by atoms with Gasteiger partial charge in [0, 0.05) is 19.2 Å². The number of nitrogens with zero attached hydrogens (tertiary/aromatic N) is 2. The third-order valence-electron chi connectivity index (χ3n) is 3.86. The molecule has 2 N–H and O–H groups in total. The minimum absolute atomic E-state index is 0.0478. The Morgan fingerprint density at radius 2 is 2.14 bits per heavy atom. The molecule has 1 fully saturated rings. The molecule has 2 heterocycles. The standard InChI is InChI=1S/C16H20N4O2/c1-11-8-13(19-22-11)10-20(2)16(21)15-9-14(17-18-15)12-6-4-3-5-7-12/h3-8,14-15,17-18H,9-10H2,1-2H3. The average molecular weight is 300 g/mol. The van der Waals surface area contributed by atoms with Crippen molar-refractivity contribution in [2.75, 3.05) is 7.05 Å². The Morgan fingerprint density at radius 3 is 2.82 bits per heavy atom. The molecule has 1 saturated heterocycles. The highest BCUT2D eigenvalue weighted by Crippen LogP contribution is 2.22. The van der Waals surface area contributed by atoms with E-state index in [0.29, 0.717) is 6.54 Å². The van der Waals surface area contributed by atoms with Crippen molar-refractivity contribution in [1.29, 1.82) is 0 Å². The number of likely N-dealkylation sites (N-methyl/N-ethyl adjacent to an activating group) is 1. The van der Waals surface area contributed by atoms with E-state index in [1.807, 2.05) is 31.2 Å². The number of aromatic nitrogens is 1. The summed E-state index contributed by atoms with van der Waals surface area (Å²) in [5.41, 5.74) is 8.23. The quantitative estimate of drug-likeness (QED) is 0.896. The van der Waals surface area contributed by atoms with E-state index in [-0.39, 0.29) is 18.0 Å². The third-order valence-corrected chi connectivity index (χ3v) is 3.86. The molecule has 1 amide bonds. The fourth-order valence-electron chi connectivity index (χ4n) is 2.70. The van der Waals surface area contributed by atoms with E-state index in [0.717, 1.165) is 17.9 Å². The highest BCUT2D eigenvalue weighted by atomic mass is 16.5. The lowest BCUT2D eigenvalue weighted by Gasteiger charge is -2.19. The van der Waals surface area contributed by atoms with Gasteiger partial charge in [0.05, 0.1) is 6.54 Å². The monoisotopic (exact) mass is 300 g/mol. The van der Waals surface area contributed by atoms with Crippen molar-refractivity contribution >= 4 is 5.91 Å². The number of aryl methyl sites for hydroxylation is 1. The average Bonchev–Trinajstić information content (AvgIpc) is 3.17. The van der Waals surface area contributed by atoms with Crippen molar-refractivity contribution in [2.24, 2.45) is 0 Å². The summed E-state index contributed by atoms with van der Waals surface area (Å²) in [5, 5.41) is 3.92. The number of nitrogens with one attached hydrogen (secondary N) is 2. The van der Waals surface area contributed by atoms with E-state index in [2.05, 4.69) is 28.1 Å². The molecule has 22 heavy (non-hydrogen) atoms. The Hall–Kier alpha value is -2.18. The maximum Gasteiger partial charge on any atom is 0.241 e. The lowest BCUT2D eigenvalue weighted by Crippen LogP contribution is -2.43. The van der Waals surface area contributed by atoms with Crippen molar-refractivity contribution in [2.45, 2.75) is 32.0 Å². The molecule has 1 aliphatic rings. The number of amides is 1. The molecule has 1 aromatic carbocycles. The first-order valence-electron chi connectivity index (χ1n) is 7.36. The SMILES string of the molecule is Cc1cc(CN(C)C(=O)C2CC(c3ccccc3)NN2)no1. The molecule has 2 unspecified atom stereocenters. The minimum Gasteiger partial charge on any atom is -0.361 e. The Labute approximate surface area is 129 Å². The summed E-state index contributed by atoms with van der Waals surface area (Å²) in [6, 6.07) is 11.9. The molecule has 6 nitrogen and oxygen atoms in total. The fourth-order valence-corrected chi connectivity index (χ4v) is 2.70. The van der Waals surface area contributed by atoms with E-state index in [1.54, 1.807) is 11.9 Å². The molecule has 116 valence electrons. The summed E-state index contributed by atoms with van der Waals surface area (Å²) in [4.78, 5) is 14.2. The van der Waals surface area contributed by atoms with E-state index in [9.17, 15) is 4.79 Å². The van der Waals surface area contributed by atoms with Crippen molar-refractivity contribution < 1.29 is 9.32 Å². The lowest BCUT2D eigenvalue weighted by molar-refractivity contribution is -0.132. The zero-order valence-electron chi connectivity index (χ0n) is 12.7. The molecule has 0 saturated carbocycles. The van der Waals surface area contributed by atoms with Crippen LogP contribution in [0.25, 0.3) is 0 Å². The highest BCUT2D eigenvalue weighted by Gasteiger charge is 2.31. The Balaban J connectivity index is 1.59. The van der Waals surface area contributed by atoms with Gasteiger partial charge in [0.1, 0.15) is 17.5 Å². The summed E-state index contributed by atoms with van der Waals surface area (Å²) < 4.78 is 5.03. The van der Waals surface area contributed by atoms with Crippen LogP contribution in [0.15, 0.2) is 40.9 Å². The number of benzene rings is 1. The molecule has 3 rings (SSSR count). The molecule has 2 atom stereocenters. The van der Waals surface area contributed by atoms with E-state index >= 15 is 0 Å². The van der Waals surface area contributed by atoms with E-state index in [1.165, 1.54) is 5.56 Å². The number of hydrogen-bond acceptors (Lipinski definition) is 5. The smallest absolute Gasteiger partial charge is 0.241 e. The normalized spacial score (nSPS) is 21.0. The predicted octanol–water partition coefficient (Wildman–Crippen LogP) is 1.55.